The third-order valence-electron chi connectivity index (χ3n) is 5.18. The molecule has 3 rings (SSSR count). The highest BCUT2D eigenvalue weighted by Gasteiger charge is 2.21. The molecule has 1 atom stereocenters. The van der Waals surface area contributed by atoms with Gasteiger partial charge < -0.3 is 10.2 Å². The van der Waals surface area contributed by atoms with Gasteiger partial charge in [-0.1, -0.05) is 39.0 Å². The number of nitrogens with zero attached hydrogens (tertiary/aromatic N) is 3. The average molecular weight is 367 g/mol. The van der Waals surface area contributed by atoms with E-state index in [4.69, 9.17) is 0 Å². The van der Waals surface area contributed by atoms with Crippen molar-refractivity contribution in [2.75, 3.05) is 23.3 Å². The highest BCUT2D eigenvalue weighted by Crippen LogP contribution is 2.28. The van der Waals surface area contributed by atoms with E-state index in [1.807, 2.05) is 26.0 Å². The van der Waals surface area contributed by atoms with Crippen LogP contribution in [0.3, 0.4) is 0 Å². The van der Waals surface area contributed by atoms with E-state index in [1.54, 1.807) is 6.07 Å². The van der Waals surface area contributed by atoms with E-state index in [2.05, 4.69) is 47.0 Å². The normalized spacial score (nSPS) is 17.3. The van der Waals surface area contributed by atoms with Crippen molar-refractivity contribution >= 4 is 17.5 Å². The molecule has 0 spiro atoms. The Kier molecular flexibility index (Phi) is 5.78. The molecule has 2 aromatic rings. The predicted octanol–water partition coefficient (Wildman–Crippen LogP) is 4.71. The Bertz CT molecular complexity index is 831. The summed E-state index contributed by atoms with van der Waals surface area (Å²) in [6, 6.07) is 7.89. The quantitative estimate of drug-likeness (QED) is 0.852. The van der Waals surface area contributed by atoms with Crippen LogP contribution >= 0.6 is 0 Å². The lowest BCUT2D eigenvalue weighted by molar-refractivity contribution is 0.102. The minimum absolute atomic E-state index is 0.178. The molecule has 1 aliphatic rings. The Morgan fingerprint density at radius 1 is 1.26 bits per heavy atom. The van der Waals surface area contributed by atoms with Gasteiger partial charge in [-0.3, -0.25) is 4.79 Å². The number of piperidine rings is 1. The number of carbonyl (C=O) groups excluding carboxylic acids is 1. The first-order chi connectivity index (χ1) is 12.8. The molecule has 1 aliphatic heterocycles. The van der Waals surface area contributed by atoms with E-state index >= 15 is 0 Å². The van der Waals surface area contributed by atoms with Crippen LogP contribution in [0.25, 0.3) is 0 Å². The molecule has 0 saturated carbocycles. The number of carbonyl (C=O) groups is 1. The van der Waals surface area contributed by atoms with Gasteiger partial charge in [0.1, 0.15) is 5.69 Å². The molecule has 1 unspecified atom stereocenters. The van der Waals surface area contributed by atoms with Crippen molar-refractivity contribution in [1.29, 1.82) is 0 Å². The lowest BCUT2D eigenvalue weighted by Gasteiger charge is -2.31. The van der Waals surface area contributed by atoms with E-state index in [9.17, 15) is 4.79 Å². The molecule has 144 valence electrons. The van der Waals surface area contributed by atoms with Crippen molar-refractivity contribution in [3.05, 3.63) is 46.8 Å². The van der Waals surface area contributed by atoms with Crippen LogP contribution in [0, 0.1) is 19.8 Å². The molecule has 5 heteroatoms. The summed E-state index contributed by atoms with van der Waals surface area (Å²) in [6.07, 6.45) is 2.38. The average Bonchev–Trinajstić information content (AvgIpc) is 2.62. The zero-order valence-electron chi connectivity index (χ0n) is 17.0. The Hall–Kier alpha value is -2.43. The Balaban J connectivity index is 1.88. The molecular weight excluding hydrogens is 336 g/mol. The SMILES string of the molecule is Cc1cc(C(=O)Nc2c(C)cccc2C(C)C)nc(N2CCCC(C)C2)n1. The molecule has 1 N–H and O–H groups in total. The standard InChI is InChI=1S/C22H30N4O/c1-14(2)18-10-6-9-16(4)20(18)25-21(27)19-12-17(5)23-22(24-19)26-11-7-8-15(3)13-26/h6,9-10,12,14-15H,7-8,11,13H2,1-5H3,(H,25,27). The van der Waals surface area contributed by atoms with E-state index in [0.717, 1.165) is 42.0 Å². The molecule has 27 heavy (non-hydrogen) atoms. The Morgan fingerprint density at radius 2 is 2.04 bits per heavy atom. The summed E-state index contributed by atoms with van der Waals surface area (Å²) >= 11 is 0. The Labute approximate surface area is 162 Å². The zero-order valence-corrected chi connectivity index (χ0v) is 17.0. The van der Waals surface area contributed by atoms with E-state index < -0.39 is 0 Å². The fraction of sp³-hybridized carbons (Fsp3) is 0.500. The maximum Gasteiger partial charge on any atom is 0.274 e. The number of nitrogens with one attached hydrogen (secondary N) is 1. The number of rotatable bonds is 4. The van der Waals surface area contributed by atoms with Crippen molar-refractivity contribution in [1.82, 2.24) is 9.97 Å². The van der Waals surface area contributed by atoms with Gasteiger partial charge in [-0.15, -0.1) is 0 Å². The first-order valence-electron chi connectivity index (χ1n) is 9.86. The summed E-state index contributed by atoms with van der Waals surface area (Å²) in [6.45, 7) is 12.4. The van der Waals surface area contributed by atoms with Gasteiger partial charge in [-0.25, -0.2) is 9.97 Å². The van der Waals surface area contributed by atoms with Crippen LogP contribution in [0.4, 0.5) is 11.6 Å². The van der Waals surface area contributed by atoms with Crippen LogP contribution in [-0.2, 0) is 0 Å². The second-order valence-corrected chi connectivity index (χ2v) is 8.04. The minimum atomic E-state index is -0.178. The summed E-state index contributed by atoms with van der Waals surface area (Å²) in [5.74, 6) is 1.45. The van der Waals surface area contributed by atoms with E-state index in [-0.39, 0.29) is 5.91 Å². The van der Waals surface area contributed by atoms with Crippen molar-refractivity contribution < 1.29 is 4.79 Å². The number of aromatic nitrogens is 2. The molecule has 1 amide bonds. The van der Waals surface area contributed by atoms with Gasteiger partial charge in [0.2, 0.25) is 5.95 Å². The smallest absolute Gasteiger partial charge is 0.274 e. The monoisotopic (exact) mass is 366 g/mol. The van der Waals surface area contributed by atoms with Crippen LogP contribution in [0.1, 0.15) is 66.8 Å². The van der Waals surface area contributed by atoms with Gasteiger partial charge >= 0.3 is 0 Å². The molecule has 1 aromatic heterocycles. The van der Waals surface area contributed by atoms with Crippen molar-refractivity contribution in [3.63, 3.8) is 0 Å². The summed E-state index contributed by atoms with van der Waals surface area (Å²) in [5.41, 5.74) is 4.33. The second-order valence-electron chi connectivity index (χ2n) is 8.04. The summed E-state index contributed by atoms with van der Waals surface area (Å²) in [4.78, 5) is 24.3. The van der Waals surface area contributed by atoms with Crippen LogP contribution in [-0.4, -0.2) is 29.0 Å². The highest BCUT2D eigenvalue weighted by molar-refractivity contribution is 6.04. The highest BCUT2D eigenvalue weighted by atomic mass is 16.1. The fourth-order valence-electron chi connectivity index (χ4n) is 3.70. The van der Waals surface area contributed by atoms with Gasteiger partial charge in [0.25, 0.3) is 5.91 Å². The van der Waals surface area contributed by atoms with Crippen LogP contribution in [0.2, 0.25) is 0 Å². The zero-order chi connectivity index (χ0) is 19.6. The molecular formula is C22H30N4O. The summed E-state index contributed by atoms with van der Waals surface area (Å²) in [5, 5.41) is 3.09. The van der Waals surface area contributed by atoms with E-state index in [0.29, 0.717) is 23.5 Å². The van der Waals surface area contributed by atoms with Crippen molar-refractivity contribution in [3.8, 4) is 0 Å². The number of benzene rings is 1. The number of hydrogen-bond acceptors (Lipinski definition) is 4. The molecule has 0 radical (unpaired) electrons. The molecule has 1 fully saturated rings. The number of para-hydroxylation sites is 1. The molecule has 5 nitrogen and oxygen atoms in total. The van der Waals surface area contributed by atoms with Crippen LogP contribution in [0.5, 0.6) is 0 Å². The topological polar surface area (TPSA) is 58.1 Å². The van der Waals surface area contributed by atoms with Crippen molar-refractivity contribution in [2.45, 2.75) is 53.4 Å². The molecule has 0 bridgehead atoms. The lowest BCUT2D eigenvalue weighted by Crippen LogP contribution is -2.36. The van der Waals surface area contributed by atoms with Gasteiger partial charge in [0.05, 0.1) is 0 Å². The second kappa shape index (κ2) is 8.07. The molecule has 0 aliphatic carbocycles. The first kappa shape index (κ1) is 19.3. The fourth-order valence-corrected chi connectivity index (χ4v) is 3.70. The first-order valence-corrected chi connectivity index (χ1v) is 9.86. The van der Waals surface area contributed by atoms with Gasteiger partial charge in [-0.05, 0) is 55.7 Å². The number of amides is 1. The molecule has 1 saturated heterocycles. The maximum absolute atomic E-state index is 13.0. The number of aryl methyl sites for hydroxylation is 2. The minimum Gasteiger partial charge on any atom is -0.341 e. The van der Waals surface area contributed by atoms with Gasteiger partial charge in [0.15, 0.2) is 0 Å². The number of hydrogen-bond donors (Lipinski definition) is 1. The summed E-state index contributed by atoms with van der Waals surface area (Å²) in [7, 11) is 0. The maximum atomic E-state index is 13.0. The van der Waals surface area contributed by atoms with Crippen LogP contribution < -0.4 is 10.2 Å². The summed E-state index contributed by atoms with van der Waals surface area (Å²) < 4.78 is 0. The van der Waals surface area contributed by atoms with Gasteiger partial charge in [-0.2, -0.15) is 0 Å². The van der Waals surface area contributed by atoms with Crippen LogP contribution in [0.15, 0.2) is 24.3 Å². The lowest BCUT2D eigenvalue weighted by atomic mass is 9.98. The van der Waals surface area contributed by atoms with E-state index in [1.165, 1.54) is 6.42 Å². The molecule has 1 aromatic carbocycles. The van der Waals surface area contributed by atoms with Crippen molar-refractivity contribution in [2.24, 2.45) is 5.92 Å². The number of anilines is 2. The predicted molar refractivity (Wildman–Crippen MR) is 111 cm³/mol. The largest absolute Gasteiger partial charge is 0.341 e. The third kappa shape index (κ3) is 4.46. The third-order valence-corrected chi connectivity index (χ3v) is 5.18. The van der Waals surface area contributed by atoms with Gasteiger partial charge in [0, 0.05) is 24.5 Å². The Morgan fingerprint density at radius 3 is 2.74 bits per heavy atom. The molecule has 2 heterocycles.